The lowest BCUT2D eigenvalue weighted by atomic mass is 10.1. The molecule has 0 amide bonds. The van der Waals surface area contributed by atoms with Gasteiger partial charge in [0.15, 0.2) is 0 Å². The van der Waals surface area contributed by atoms with Gasteiger partial charge in [-0.25, -0.2) is 0 Å². The van der Waals surface area contributed by atoms with Crippen LogP contribution in [-0.4, -0.2) is 12.7 Å². The Labute approximate surface area is 57.4 Å². The van der Waals surface area contributed by atoms with Gasteiger partial charge in [0, 0.05) is 6.61 Å². The van der Waals surface area contributed by atoms with Crippen LogP contribution >= 0.6 is 0 Å². The van der Waals surface area contributed by atoms with E-state index in [1.54, 1.807) is 0 Å². The van der Waals surface area contributed by atoms with Crippen LogP contribution in [0.2, 0.25) is 0 Å². The molecule has 1 aliphatic heterocycles. The highest BCUT2D eigenvalue weighted by Gasteiger charge is 2.08. The Bertz CT molecular complexity index is 63.0. The summed E-state index contributed by atoms with van der Waals surface area (Å²) in [5.41, 5.74) is 0. The molecule has 0 aliphatic carbocycles. The SMILES string of the molecule is C[CH]C1CCCCCO1. The molecular formula is C8H15O. The summed E-state index contributed by atoms with van der Waals surface area (Å²) >= 11 is 0. The number of ether oxygens (including phenoxy) is 1. The van der Waals surface area contributed by atoms with Crippen molar-refractivity contribution in [2.75, 3.05) is 6.61 Å². The monoisotopic (exact) mass is 127 g/mol. The Morgan fingerprint density at radius 3 is 3.00 bits per heavy atom. The Morgan fingerprint density at radius 2 is 2.22 bits per heavy atom. The number of rotatable bonds is 1. The van der Waals surface area contributed by atoms with Crippen molar-refractivity contribution in [3.05, 3.63) is 6.42 Å². The van der Waals surface area contributed by atoms with Crippen LogP contribution in [0.1, 0.15) is 32.6 Å². The van der Waals surface area contributed by atoms with E-state index >= 15 is 0 Å². The predicted octanol–water partition coefficient (Wildman–Crippen LogP) is 2.17. The second kappa shape index (κ2) is 3.89. The molecule has 1 fully saturated rings. The second-order valence-electron chi connectivity index (χ2n) is 2.59. The van der Waals surface area contributed by atoms with Gasteiger partial charge in [-0.15, -0.1) is 0 Å². The third kappa shape index (κ3) is 2.35. The van der Waals surface area contributed by atoms with Gasteiger partial charge in [-0.05, 0) is 19.3 Å². The van der Waals surface area contributed by atoms with E-state index in [-0.39, 0.29) is 0 Å². The Balaban J connectivity index is 2.18. The van der Waals surface area contributed by atoms with Crippen LogP contribution in [0.25, 0.3) is 0 Å². The van der Waals surface area contributed by atoms with Crippen molar-refractivity contribution >= 4 is 0 Å². The highest BCUT2D eigenvalue weighted by Crippen LogP contribution is 2.14. The van der Waals surface area contributed by atoms with Crippen molar-refractivity contribution < 1.29 is 4.74 Å². The number of hydrogen-bond donors (Lipinski definition) is 0. The van der Waals surface area contributed by atoms with Gasteiger partial charge in [0.1, 0.15) is 0 Å². The summed E-state index contributed by atoms with van der Waals surface area (Å²) in [6.45, 7) is 3.05. The molecule has 0 saturated carbocycles. The van der Waals surface area contributed by atoms with Crippen LogP contribution in [-0.2, 0) is 4.74 Å². The molecule has 9 heavy (non-hydrogen) atoms. The molecule has 0 N–H and O–H groups in total. The van der Waals surface area contributed by atoms with Crippen LogP contribution in [0.4, 0.5) is 0 Å². The Kier molecular flexibility index (Phi) is 3.05. The molecule has 0 aromatic carbocycles. The second-order valence-corrected chi connectivity index (χ2v) is 2.59. The maximum absolute atomic E-state index is 5.50. The van der Waals surface area contributed by atoms with E-state index in [4.69, 9.17) is 4.74 Å². The van der Waals surface area contributed by atoms with Crippen molar-refractivity contribution in [1.29, 1.82) is 0 Å². The van der Waals surface area contributed by atoms with Crippen LogP contribution in [0.3, 0.4) is 0 Å². The van der Waals surface area contributed by atoms with Gasteiger partial charge in [0.05, 0.1) is 6.10 Å². The fourth-order valence-corrected chi connectivity index (χ4v) is 1.21. The summed E-state index contributed by atoms with van der Waals surface area (Å²) in [7, 11) is 0. The van der Waals surface area contributed by atoms with Gasteiger partial charge in [0.2, 0.25) is 0 Å². The third-order valence-corrected chi connectivity index (χ3v) is 1.84. The molecule has 1 saturated heterocycles. The highest BCUT2D eigenvalue weighted by atomic mass is 16.5. The molecule has 1 rings (SSSR count). The van der Waals surface area contributed by atoms with Crippen LogP contribution in [0, 0.1) is 6.42 Å². The lowest BCUT2D eigenvalue weighted by Gasteiger charge is -2.10. The first kappa shape index (κ1) is 7.07. The summed E-state index contributed by atoms with van der Waals surface area (Å²) in [6, 6.07) is 0. The quantitative estimate of drug-likeness (QED) is 0.524. The van der Waals surface area contributed by atoms with Crippen molar-refractivity contribution in [3.8, 4) is 0 Å². The van der Waals surface area contributed by atoms with E-state index in [0.717, 1.165) is 6.61 Å². The minimum atomic E-state index is 0.451. The van der Waals surface area contributed by atoms with Gasteiger partial charge in [0.25, 0.3) is 0 Å². The van der Waals surface area contributed by atoms with E-state index in [9.17, 15) is 0 Å². The normalized spacial score (nSPS) is 29.7. The smallest absolute Gasteiger partial charge is 0.0604 e. The molecule has 1 radical (unpaired) electrons. The average molecular weight is 127 g/mol. The van der Waals surface area contributed by atoms with Crippen molar-refractivity contribution in [2.45, 2.75) is 38.7 Å². The molecule has 53 valence electrons. The summed E-state index contributed by atoms with van der Waals surface area (Å²) in [6.07, 6.45) is 7.79. The fraction of sp³-hybridized carbons (Fsp3) is 0.875. The molecule has 1 unspecified atom stereocenters. The lowest BCUT2D eigenvalue weighted by Crippen LogP contribution is -2.09. The summed E-state index contributed by atoms with van der Waals surface area (Å²) < 4.78 is 5.50. The van der Waals surface area contributed by atoms with E-state index in [1.807, 2.05) is 0 Å². The zero-order valence-corrected chi connectivity index (χ0v) is 6.10. The van der Waals surface area contributed by atoms with Crippen LogP contribution < -0.4 is 0 Å². The van der Waals surface area contributed by atoms with Crippen molar-refractivity contribution in [3.63, 3.8) is 0 Å². The van der Waals surface area contributed by atoms with E-state index in [1.165, 1.54) is 25.7 Å². The molecule has 1 nitrogen and oxygen atoms in total. The van der Waals surface area contributed by atoms with Gasteiger partial charge < -0.3 is 4.74 Å². The van der Waals surface area contributed by atoms with Gasteiger partial charge in [-0.1, -0.05) is 19.8 Å². The number of hydrogen-bond acceptors (Lipinski definition) is 1. The molecule has 0 aromatic rings. The molecule has 1 heteroatoms. The van der Waals surface area contributed by atoms with Crippen molar-refractivity contribution in [1.82, 2.24) is 0 Å². The third-order valence-electron chi connectivity index (χ3n) is 1.84. The zero-order chi connectivity index (χ0) is 6.53. The van der Waals surface area contributed by atoms with Gasteiger partial charge in [-0.3, -0.25) is 0 Å². The van der Waals surface area contributed by atoms with Gasteiger partial charge >= 0.3 is 0 Å². The molecular weight excluding hydrogens is 112 g/mol. The van der Waals surface area contributed by atoms with Crippen molar-refractivity contribution in [2.24, 2.45) is 0 Å². The molecule has 0 spiro atoms. The first-order chi connectivity index (χ1) is 4.43. The minimum Gasteiger partial charge on any atom is -0.378 e. The predicted molar refractivity (Wildman–Crippen MR) is 38.2 cm³/mol. The zero-order valence-electron chi connectivity index (χ0n) is 6.10. The van der Waals surface area contributed by atoms with Crippen LogP contribution in [0.15, 0.2) is 0 Å². The molecule has 0 bridgehead atoms. The molecule has 1 atom stereocenters. The van der Waals surface area contributed by atoms with E-state index in [2.05, 4.69) is 13.3 Å². The molecule has 0 aromatic heterocycles. The van der Waals surface area contributed by atoms with Crippen LogP contribution in [0.5, 0.6) is 0 Å². The lowest BCUT2D eigenvalue weighted by molar-refractivity contribution is 0.0812. The average Bonchev–Trinajstić information content (AvgIpc) is 2.13. The molecule has 1 aliphatic rings. The topological polar surface area (TPSA) is 9.23 Å². The van der Waals surface area contributed by atoms with E-state index < -0.39 is 0 Å². The first-order valence-corrected chi connectivity index (χ1v) is 3.84. The maximum atomic E-state index is 5.50. The minimum absolute atomic E-state index is 0.451. The first-order valence-electron chi connectivity index (χ1n) is 3.84. The maximum Gasteiger partial charge on any atom is 0.0604 e. The highest BCUT2D eigenvalue weighted by molar-refractivity contribution is 4.73. The molecule has 1 heterocycles. The Hall–Kier alpha value is -0.0400. The standard InChI is InChI=1S/C8H15O/c1-2-8-6-4-3-5-7-9-8/h2,8H,3-7H2,1H3. The summed E-state index contributed by atoms with van der Waals surface area (Å²) in [5.74, 6) is 0. The van der Waals surface area contributed by atoms with Gasteiger partial charge in [-0.2, -0.15) is 0 Å². The van der Waals surface area contributed by atoms with E-state index in [0.29, 0.717) is 6.10 Å². The summed E-state index contributed by atoms with van der Waals surface area (Å²) in [4.78, 5) is 0. The Morgan fingerprint density at radius 1 is 1.33 bits per heavy atom. The summed E-state index contributed by atoms with van der Waals surface area (Å²) in [5, 5.41) is 0. The fourth-order valence-electron chi connectivity index (χ4n) is 1.21. The largest absolute Gasteiger partial charge is 0.378 e.